The molecule has 7 bridgehead atoms. The van der Waals surface area contributed by atoms with Gasteiger partial charge in [0, 0.05) is 31.0 Å². The van der Waals surface area contributed by atoms with E-state index in [9.17, 15) is 4.79 Å². The van der Waals surface area contributed by atoms with Crippen molar-refractivity contribution in [2.45, 2.75) is 128 Å². The Labute approximate surface area is 206 Å². The first-order valence-corrected chi connectivity index (χ1v) is 14.9. The number of Topliss-reactive ketones (excluding diaryl/α,β-unsaturated/α-hetero) is 1. The van der Waals surface area contributed by atoms with E-state index < -0.39 is 5.79 Å². The molecule has 0 aromatic heterocycles. The van der Waals surface area contributed by atoms with Crippen molar-refractivity contribution in [3.63, 3.8) is 0 Å². The second-order valence-corrected chi connectivity index (χ2v) is 14.4. The SMILES string of the molecule is CC(C)[C@H]1CC[C@@]2(C)[C@@H]3CC[C@]45CCC[C@H]4[C@]2(CCCC(=O)[C@@H]2CO[C@@]4(C)CC[C@@H]2O4)[C@H]1N5C3. The maximum absolute atomic E-state index is 13.4. The third-order valence-electron chi connectivity index (χ3n) is 13.1. The van der Waals surface area contributed by atoms with E-state index in [4.69, 9.17) is 9.47 Å². The Morgan fingerprint density at radius 2 is 1.91 bits per heavy atom. The lowest BCUT2D eigenvalue weighted by molar-refractivity contribution is -0.263. The van der Waals surface area contributed by atoms with E-state index in [1.165, 1.54) is 57.9 Å². The van der Waals surface area contributed by atoms with Crippen molar-refractivity contribution in [1.29, 1.82) is 0 Å². The Balaban J connectivity index is 1.17. The zero-order valence-electron chi connectivity index (χ0n) is 22.1. The average molecular weight is 470 g/mol. The van der Waals surface area contributed by atoms with Crippen LogP contribution in [0.4, 0.5) is 0 Å². The fourth-order valence-electron chi connectivity index (χ4n) is 11.7. The number of ether oxygens (including phenoxy) is 2. The molecule has 4 nitrogen and oxygen atoms in total. The Morgan fingerprint density at radius 3 is 2.74 bits per heavy atom. The number of carbonyl (C=O) groups is 1. The van der Waals surface area contributed by atoms with Gasteiger partial charge in [-0.2, -0.15) is 0 Å². The zero-order valence-corrected chi connectivity index (χ0v) is 22.1. The largest absolute Gasteiger partial charge is 0.349 e. The molecule has 0 aromatic rings. The van der Waals surface area contributed by atoms with Crippen LogP contribution in [0.5, 0.6) is 0 Å². The van der Waals surface area contributed by atoms with Crippen LogP contribution in [0, 0.1) is 40.4 Å². The van der Waals surface area contributed by atoms with Crippen molar-refractivity contribution in [2.24, 2.45) is 40.4 Å². The summed E-state index contributed by atoms with van der Waals surface area (Å²) in [6.07, 6.45) is 15.2. The minimum Gasteiger partial charge on any atom is -0.349 e. The standard InChI is InChI=1S/C30H47NO3/c1-19(2)21-10-14-27(3)20-9-16-29-12-6-8-25(29)30(27,26(21)31(29)17-20)13-5-7-23(32)22-18-33-28(4)15-11-24(22)34-28/h19-22,24-26H,5-18H2,1-4H3/t20-,21-,22+,24+,25-,26+,27+,28-,29-,30-/m1/s1. The summed E-state index contributed by atoms with van der Waals surface area (Å²) in [5.41, 5.74) is 1.40. The van der Waals surface area contributed by atoms with Crippen molar-refractivity contribution < 1.29 is 14.3 Å². The van der Waals surface area contributed by atoms with Gasteiger partial charge in [-0.15, -0.1) is 0 Å². The lowest BCUT2D eigenvalue weighted by atomic mass is 9.42. The first-order valence-electron chi connectivity index (χ1n) is 14.9. The molecule has 5 aliphatic heterocycles. The third kappa shape index (κ3) is 2.64. The highest BCUT2D eigenvalue weighted by molar-refractivity contribution is 5.81. The summed E-state index contributed by atoms with van der Waals surface area (Å²) in [6.45, 7) is 11.7. The van der Waals surface area contributed by atoms with E-state index in [1.54, 1.807) is 0 Å². The van der Waals surface area contributed by atoms with Crippen molar-refractivity contribution in [1.82, 2.24) is 4.90 Å². The minimum absolute atomic E-state index is 0.0352. The molecule has 5 heterocycles. The number of hydrogen-bond acceptors (Lipinski definition) is 4. The van der Waals surface area contributed by atoms with Crippen LogP contribution in [0.3, 0.4) is 0 Å². The molecule has 11 atom stereocenters. The maximum Gasteiger partial charge on any atom is 0.166 e. The predicted octanol–water partition coefficient (Wildman–Crippen LogP) is 5.97. The molecule has 2 aliphatic carbocycles. The summed E-state index contributed by atoms with van der Waals surface area (Å²) >= 11 is 0. The smallest absolute Gasteiger partial charge is 0.166 e. The van der Waals surface area contributed by atoms with Gasteiger partial charge in [-0.05, 0) is 99.2 Å². The van der Waals surface area contributed by atoms with Crippen molar-refractivity contribution in [2.75, 3.05) is 13.2 Å². The second kappa shape index (κ2) is 7.32. The van der Waals surface area contributed by atoms with Crippen LogP contribution >= 0.6 is 0 Å². The van der Waals surface area contributed by atoms with Gasteiger partial charge in [0.25, 0.3) is 0 Å². The number of ketones is 1. The molecule has 1 unspecified atom stereocenters. The quantitative estimate of drug-likeness (QED) is 0.480. The summed E-state index contributed by atoms with van der Waals surface area (Å²) in [4.78, 5) is 16.6. The lowest BCUT2D eigenvalue weighted by Gasteiger charge is -2.67. The number of rotatable bonds is 6. The Kier molecular flexibility index (Phi) is 4.89. The second-order valence-electron chi connectivity index (χ2n) is 14.4. The molecule has 34 heavy (non-hydrogen) atoms. The summed E-state index contributed by atoms with van der Waals surface area (Å²) in [5.74, 6) is 3.29. The Morgan fingerprint density at radius 1 is 1.06 bits per heavy atom. The molecule has 7 fully saturated rings. The summed E-state index contributed by atoms with van der Waals surface area (Å²) in [5, 5.41) is 0. The number of fused-ring (bicyclic) bond motifs is 4. The molecule has 190 valence electrons. The number of hydrogen-bond donors (Lipinski definition) is 0. The lowest BCUT2D eigenvalue weighted by Crippen LogP contribution is -2.68. The van der Waals surface area contributed by atoms with E-state index in [0.717, 1.165) is 55.4 Å². The Hall–Kier alpha value is -0.450. The van der Waals surface area contributed by atoms with Crippen LogP contribution in [0.2, 0.25) is 0 Å². The van der Waals surface area contributed by atoms with Gasteiger partial charge in [-0.25, -0.2) is 0 Å². The first kappa shape index (κ1) is 22.7. The van der Waals surface area contributed by atoms with Gasteiger partial charge >= 0.3 is 0 Å². The minimum atomic E-state index is -0.427. The highest BCUT2D eigenvalue weighted by atomic mass is 16.7. The molecule has 2 saturated carbocycles. The number of piperidine rings is 2. The fourth-order valence-corrected chi connectivity index (χ4v) is 11.7. The summed E-state index contributed by atoms with van der Waals surface area (Å²) in [6, 6.07) is 0.764. The molecule has 0 N–H and O–H groups in total. The molecule has 7 rings (SSSR count). The van der Waals surface area contributed by atoms with Crippen LogP contribution in [0.1, 0.15) is 105 Å². The normalized spacial score (nSPS) is 56.8. The summed E-state index contributed by atoms with van der Waals surface area (Å²) < 4.78 is 12.1. The molecular formula is C30H47NO3. The molecule has 7 aliphatic rings. The van der Waals surface area contributed by atoms with Crippen LogP contribution in [0.15, 0.2) is 0 Å². The van der Waals surface area contributed by atoms with Crippen LogP contribution < -0.4 is 0 Å². The van der Waals surface area contributed by atoms with E-state index in [-0.39, 0.29) is 12.0 Å². The van der Waals surface area contributed by atoms with Gasteiger partial charge < -0.3 is 9.47 Å². The molecule has 0 amide bonds. The topological polar surface area (TPSA) is 38.8 Å². The van der Waals surface area contributed by atoms with Crippen LogP contribution in [0.25, 0.3) is 0 Å². The van der Waals surface area contributed by atoms with Gasteiger partial charge in [0.1, 0.15) is 5.78 Å². The van der Waals surface area contributed by atoms with E-state index in [1.807, 2.05) is 6.92 Å². The highest BCUT2D eigenvalue weighted by Gasteiger charge is 2.79. The molecule has 4 heteroatoms. The Bertz CT molecular complexity index is 873. The first-order chi connectivity index (χ1) is 16.2. The fraction of sp³-hybridized carbons (Fsp3) is 0.967. The van der Waals surface area contributed by atoms with Crippen LogP contribution in [-0.2, 0) is 14.3 Å². The van der Waals surface area contributed by atoms with E-state index in [2.05, 4.69) is 25.7 Å². The molecular weight excluding hydrogens is 422 g/mol. The number of nitrogens with zero attached hydrogens (tertiary/aromatic N) is 1. The monoisotopic (exact) mass is 469 g/mol. The van der Waals surface area contributed by atoms with Crippen molar-refractivity contribution in [3.8, 4) is 0 Å². The van der Waals surface area contributed by atoms with Gasteiger partial charge in [0.05, 0.1) is 18.6 Å². The van der Waals surface area contributed by atoms with Crippen LogP contribution in [-0.4, -0.2) is 47.3 Å². The predicted molar refractivity (Wildman–Crippen MR) is 132 cm³/mol. The van der Waals surface area contributed by atoms with Crippen molar-refractivity contribution in [3.05, 3.63) is 0 Å². The molecule has 1 spiro atoms. The van der Waals surface area contributed by atoms with E-state index >= 15 is 0 Å². The van der Waals surface area contributed by atoms with Gasteiger partial charge in [-0.3, -0.25) is 9.69 Å². The third-order valence-corrected chi connectivity index (χ3v) is 13.1. The van der Waals surface area contributed by atoms with E-state index in [0.29, 0.717) is 28.8 Å². The highest BCUT2D eigenvalue weighted by Crippen LogP contribution is 2.79. The molecule has 0 radical (unpaired) electrons. The summed E-state index contributed by atoms with van der Waals surface area (Å²) in [7, 11) is 0. The molecule has 0 aromatic carbocycles. The van der Waals surface area contributed by atoms with Crippen molar-refractivity contribution >= 4 is 5.78 Å². The van der Waals surface area contributed by atoms with Gasteiger partial charge in [0.2, 0.25) is 0 Å². The average Bonchev–Trinajstić information content (AvgIpc) is 3.39. The number of carbonyl (C=O) groups excluding carboxylic acids is 1. The van der Waals surface area contributed by atoms with Gasteiger partial charge in [0.15, 0.2) is 5.79 Å². The maximum atomic E-state index is 13.4. The zero-order chi connectivity index (χ0) is 23.5. The van der Waals surface area contributed by atoms with Gasteiger partial charge in [-0.1, -0.05) is 27.2 Å². The molecule has 5 saturated heterocycles.